The molecular formula is C10H16N4O2S2. The number of nitrogens with zero attached hydrogens (tertiary/aromatic N) is 3. The summed E-state index contributed by atoms with van der Waals surface area (Å²) in [5.41, 5.74) is 5.81. The van der Waals surface area contributed by atoms with Gasteiger partial charge in [-0.15, -0.1) is 10.2 Å². The van der Waals surface area contributed by atoms with Gasteiger partial charge >= 0.3 is 5.97 Å². The number of aliphatic carboxylic acids is 1. The Labute approximate surface area is 114 Å². The van der Waals surface area contributed by atoms with Crippen LogP contribution in [-0.2, 0) is 11.3 Å². The van der Waals surface area contributed by atoms with Gasteiger partial charge in [0.05, 0.1) is 5.75 Å². The molecule has 0 unspecified atom stereocenters. The largest absolute Gasteiger partial charge is 0.481 e. The van der Waals surface area contributed by atoms with E-state index in [0.29, 0.717) is 11.1 Å². The van der Waals surface area contributed by atoms with E-state index in [-0.39, 0.29) is 10.5 Å². The number of aromatic nitrogens is 3. The number of rotatable bonds is 6. The van der Waals surface area contributed by atoms with Crippen LogP contribution in [0, 0.1) is 0 Å². The number of anilines is 1. The number of hydrogen-bond acceptors (Lipinski definition) is 6. The molecule has 1 aromatic rings. The minimum Gasteiger partial charge on any atom is -0.481 e. The average molecular weight is 288 g/mol. The number of carboxylic acid groups (broad SMARTS) is 1. The Hall–Kier alpha value is -0.890. The molecule has 8 heteroatoms. The fourth-order valence-electron chi connectivity index (χ4n) is 1.97. The molecule has 2 rings (SSSR count). The van der Waals surface area contributed by atoms with E-state index in [1.54, 1.807) is 0 Å². The molecule has 0 amide bonds. The average Bonchev–Trinajstić information content (AvgIpc) is 2.62. The van der Waals surface area contributed by atoms with Crippen molar-refractivity contribution >= 4 is 35.4 Å². The summed E-state index contributed by atoms with van der Waals surface area (Å²) in [5.74, 6) is -0.524. The lowest BCUT2D eigenvalue weighted by atomic mass is 9.84. The summed E-state index contributed by atoms with van der Waals surface area (Å²) >= 11 is 3.00. The van der Waals surface area contributed by atoms with Crippen molar-refractivity contribution in [3.05, 3.63) is 0 Å². The van der Waals surface area contributed by atoms with Crippen molar-refractivity contribution in [2.24, 2.45) is 0 Å². The summed E-state index contributed by atoms with van der Waals surface area (Å²) in [6, 6.07) is 0. The zero-order valence-electron chi connectivity index (χ0n) is 10.1. The number of carboxylic acids is 1. The lowest BCUT2D eigenvalue weighted by molar-refractivity contribution is -0.133. The molecule has 3 N–H and O–H groups in total. The minimum atomic E-state index is -0.864. The highest BCUT2D eigenvalue weighted by Gasteiger charge is 2.37. The Morgan fingerprint density at radius 3 is 2.78 bits per heavy atom. The van der Waals surface area contributed by atoms with Crippen molar-refractivity contribution in [1.29, 1.82) is 0 Å². The molecule has 1 aliphatic rings. The van der Waals surface area contributed by atoms with Crippen LogP contribution in [0.4, 0.5) is 5.95 Å². The van der Waals surface area contributed by atoms with Crippen LogP contribution in [0.3, 0.4) is 0 Å². The molecular weight excluding hydrogens is 272 g/mol. The first kappa shape index (κ1) is 13.5. The van der Waals surface area contributed by atoms with Crippen LogP contribution in [0.15, 0.2) is 5.16 Å². The number of thioether (sulfide) groups is 2. The first-order chi connectivity index (χ1) is 8.56. The highest BCUT2D eigenvalue weighted by Crippen LogP contribution is 2.44. The van der Waals surface area contributed by atoms with Gasteiger partial charge in [0, 0.05) is 11.3 Å². The summed E-state index contributed by atoms with van der Waals surface area (Å²) in [6.07, 6.45) is 5.66. The van der Waals surface area contributed by atoms with Crippen molar-refractivity contribution < 1.29 is 9.90 Å². The third kappa shape index (κ3) is 2.74. The first-order valence-corrected chi connectivity index (χ1v) is 7.86. The standard InChI is InChI=1S/C10H16N4O2S2/c1-17-10(3-2-4-10)6-14-8(11)12-13-9(14)18-5-7(15)16/h2-6H2,1H3,(H2,11,12)(H,15,16). The summed E-state index contributed by atoms with van der Waals surface area (Å²) in [6.45, 7) is 0.759. The van der Waals surface area contributed by atoms with E-state index in [4.69, 9.17) is 10.8 Å². The second-order valence-electron chi connectivity index (χ2n) is 4.35. The van der Waals surface area contributed by atoms with Gasteiger partial charge in [-0.05, 0) is 19.1 Å². The van der Waals surface area contributed by atoms with E-state index in [2.05, 4.69) is 16.5 Å². The van der Waals surface area contributed by atoms with Gasteiger partial charge in [-0.1, -0.05) is 18.2 Å². The lowest BCUT2D eigenvalue weighted by Gasteiger charge is -2.40. The highest BCUT2D eigenvalue weighted by atomic mass is 32.2. The van der Waals surface area contributed by atoms with Gasteiger partial charge in [0.15, 0.2) is 5.16 Å². The van der Waals surface area contributed by atoms with Crippen LogP contribution in [0.1, 0.15) is 19.3 Å². The SMILES string of the molecule is CSC1(Cn2c(N)nnc2SCC(=O)O)CCC1. The van der Waals surface area contributed by atoms with Gasteiger partial charge in [-0.2, -0.15) is 11.8 Å². The molecule has 0 spiro atoms. The quantitative estimate of drug-likeness (QED) is 0.762. The zero-order valence-corrected chi connectivity index (χ0v) is 11.8. The third-order valence-electron chi connectivity index (χ3n) is 3.21. The summed E-state index contributed by atoms with van der Waals surface area (Å²) in [4.78, 5) is 10.6. The van der Waals surface area contributed by atoms with Crippen LogP contribution in [0.5, 0.6) is 0 Å². The molecule has 0 atom stereocenters. The van der Waals surface area contributed by atoms with E-state index in [1.165, 1.54) is 6.42 Å². The first-order valence-electron chi connectivity index (χ1n) is 5.65. The fourth-order valence-corrected chi connectivity index (χ4v) is 3.59. The van der Waals surface area contributed by atoms with Crippen LogP contribution < -0.4 is 5.73 Å². The number of nitrogen functional groups attached to an aromatic ring is 1. The topological polar surface area (TPSA) is 94.0 Å². The van der Waals surface area contributed by atoms with Crippen LogP contribution in [-0.4, -0.2) is 42.6 Å². The van der Waals surface area contributed by atoms with Gasteiger partial charge in [-0.3, -0.25) is 9.36 Å². The van der Waals surface area contributed by atoms with E-state index < -0.39 is 5.97 Å². The molecule has 0 bridgehead atoms. The lowest BCUT2D eigenvalue weighted by Crippen LogP contribution is -2.38. The molecule has 1 aromatic heterocycles. The van der Waals surface area contributed by atoms with E-state index in [0.717, 1.165) is 31.1 Å². The molecule has 1 heterocycles. The fraction of sp³-hybridized carbons (Fsp3) is 0.700. The predicted octanol–water partition coefficient (Wildman–Crippen LogP) is 1.32. The normalized spacial score (nSPS) is 17.4. The van der Waals surface area contributed by atoms with Gasteiger partial charge < -0.3 is 10.8 Å². The number of nitrogens with two attached hydrogens (primary N) is 1. The van der Waals surface area contributed by atoms with Crippen LogP contribution in [0.25, 0.3) is 0 Å². The molecule has 0 saturated heterocycles. The summed E-state index contributed by atoms with van der Waals surface area (Å²) < 4.78 is 2.05. The maximum Gasteiger partial charge on any atom is 0.313 e. The Morgan fingerprint density at radius 1 is 1.56 bits per heavy atom. The Morgan fingerprint density at radius 2 is 2.28 bits per heavy atom. The van der Waals surface area contributed by atoms with Crippen molar-refractivity contribution in [1.82, 2.24) is 14.8 Å². The third-order valence-corrected chi connectivity index (χ3v) is 5.57. The molecule has 0 aliphatic heterocycles. The van der Waals surface area contributed by atoms with E-state index in [9.17, 15) is 4.79 Å². The van der Waals surface area contributed by atoms with Crippen molar-refractivity contribution in [3.63, 3.8) is 0 Å². The Kier molecular flexibility index (Phi) is 4.06. The number of hydrogen-bond donors (Lipinski definition) is 2. The van der Waals surface area contributed by atoms with Crippen molar-refractivity contribution in [2.75, 3.05) is 17.7 Å². The van der Waals surface area contributed by atoms with Crippen molar-refractivity contribution in [2.45, 2.75) is 35.7 Å². The summed E-state index contributed by atoms with van der Waals surface area (Å²) in [7, 11) is 0. The van der Waals surface area contributed by atoms with Crippen LogP contribution in [0.2, 0.25) is 0 Å². The van der Waals surface area contributed by atoms with Gasteiger partial charge in [0.1, 0.15) is 0 Å². The Bertz CT molecular complexity index is 440. The second-order valence-corrected chi connectivity index (χ2v) is 6.57. The molecule has 6 nitrogen and oxygen atoms in total. The molecule has 1 fully saturated rings. The molecule has 0 aromatic carbocycles. The molecule has 100 valence electrons. The predicted molar refractivity (Wildman–Crippen MR) is 72.9 cm³/mol. The van der Waals surface area contributed by atoms with E-state index in [1.807, 2.05) is 16.3 Å². The maximum atomic E-state index is 10.6. The van der Waals surface area contributed by atoms with Crippen molar-refractivity contribution in [3.8, 4) is 0 Å². The highest BCUT2D eigenvalue weighted by molar-refractivity contribution is 8.00. The molecule has 0 radical (unpaired) electrons. The maximum absolute atomic E-state index is 10.6. The smallest absolute Gasteiger partial charge is 0.313 e. The number of carbonyl (C=O) groups is 1. The van der Waals surface area contributed by atoms with Gasteiger partial charge in [-0.25, -0.2) is 0 Å². The second kappa shape index (κ2) is 5.40. The zero-order chi connectivity index (χ0) is 13.2. The molecule has 18 heavy (non-hydrogen) atoms. The summed E-state index contributed by atoms with van der Waals surface area (Å²) in [5, 5.41) is 17.1. The van der Waals surface area contributed by atoms with Crippen LogP contribution >= 0.6 is 23.5 Å². The van der Waals surface area contributed by atoms with E-state index >= 15 is 0 Å². The minimum absolute atomic E-state index is 0.0234. The van der Waals surface area contributed by atoms with Gasteiger partial charge in [0.2, 0.25) is 5.95 Å². The molecule has 1 aliphatic carbocycles. The Balaban J connectivity index is 2.11. The molecule has 1 saturated carbocycles. The van der Waals surface area contributed by atoms with Gasteiger partial charge in [0.25, 0.3) is 0 Å². The monoisotopic (exact) mass is 288 g/mol.